The Hall–Kier alpha value is -2.80. The van der Waals surface area contributed by atoms with Crippen molar-refractivity contribution in [3.63, 3.8) is 0 Å². The Labute approximate surface area is 171 Å². The molecule has 28 heavy (non-hydrogen) atoms. The molecule has 1 amide bonds. The molecular weight excluding hydrogens is 422 g/mol. The summed E-state index contributed by atoms with van der Waals surface area (Å²) in [6.45, 7) is 3.24. The number of halogens is 1. The summed E-state index contributed by atoms with van der Waals surface area (Å²) in [4.78, 5) is 12.6. The van der Waals surface area contributed by atoms with Gasteiger partial charge in [0.25, 0.3) is 5.91 Å². The first-order chi connectivity index (χ1) is 13.6. The lowest BCUT2D eigenvalue weighted by molar-refractivity contribution is 0.0940. The number of hydrogen-bond donors (Lipinski definition) is 1. The highest BCUT2D eigenvalue weighted by atomic mass is 79.9. The van der Waals surface area contributed by atoms with Gasteiger partial charge in [0, 0.05) is 18.2 Å². The van der Waals surface area contributed by atoms with Crippen LogP contribution in [-0.2, 0) is 0 Å². The molecule has 1 aliphatic heterocycles. The van der Waals surface area contributed by atoms with E-state index in [4.69, 9.17) is 9.47 Å². The maximum absolute atomic E-state index is 12.6. The summed E-state index contributed by atoms with van der Waals surface area (Å²) in [5, 5.41) is 7.27. The van der Waals surface area contributed by atoms with Crippen LogP contribution in [0.5, 0.6) is 11.5 Å². The normalized spacial score (nSPS) is 14.2. The zero-order valence-electron chi connectivity index (χ0n) is 15.4. The standard InChI is InChI=1S/C21H20BrN3O3/c1-14(16-5-8-19-20(11-16)28-10-2-9-27-19)24-21(26)15-3-6-18(7-4-15)25-13-17(22)12-23-25/h3-8,11-14H,2,9-10H2,1H3,(H,24,26). The number of carbonyl (C=O) groups is 1. The first-order valence-corrected chi connectivity index (χ1v) is 9.90. The van der Waals surface area contributed by atoms with Crippen LogP contribution in [0.3, 0.4) is 0 Å². The largest absolute Gasteiger partial charge is 0.490 e. The Morgan fingerprint density at radius 1 is 1.14 bits per heavy atom. The fourth-order valence-electron chi connectivity index (χ4n) is 3.02. The molecule has 6 nitrogen and oxygen atoms in total. The number of rotatable bonds is 4. The Bertz CT molecular complexity index is 985. The number of benzene rings is 2. The molecule has 2 aromatic carbocycles. The van der Waals surface area contributed by atoms with Crippen molar-refractivity contribution in [2.45, 2.75) is 19.4 Å². The van der Waals surface area contributed by atoms with Gasteiger partial charge in [-0.25, -0.2) is 4.68 Å². The summed E-state index contributed by atoms with van der Waals surface area (Å²) in [5.74, 6) is 1.35. The molecule has 0 saturated carbocycles. The molecule has 1 atom stereocenters. The first-order valence-electron chi connectivity index (χ1n) is 9.11. The van der Waals surface area contributed by atoms with Gasteiger partial charge in [0.1, 0.15) is 0 Å². The van der Waals surface area contributed by atoms with Crippen molar-refractivity contribution >= 4 is 21.8 Å². The van der Waals surface area contributed by atoms with Gasteiger partial charge in [-0.05, 0) is 64.8 Å². The van der Waals surface area contributed by atoms with Crippen LogP contribution in [-0.4, -0.2) is 28.9 Å². The van der Waals surface area contributed by atoms with E-state index in [9.17, 15) is 4.79 Å². The van der Waals surface area contributed by atoms with E-state index in [1.807, 2.05) is 43.5 Å². The molecule has 0 radical (unpaired) electrons. The van der Waals surface area contributed by atoms with Crippen molar-refractivity contribution in [3.05, 3.63) is 70.5 Å². The van der Waals surface area contributed by atoms with Crippen LogP contribution in [0.1, 0.15) is 35.3 Å². The van der Waals surface area contributed by atoms with Gasteiger partial charge in [-0.2, -0.15) is 5.10 Å². The number of nitrogens with one attached hydrogen (secondary N) is 1. The Kier molecular flexibility index (Phi) is 5.34. The average Bonchev–Trinajstić information content (AvgIpc) is 3.00. The van der Waals surface area contributed by atoms with E-state index >= 15 is 0 Å². The molecule has 7 heteroatoms. The zero-order valence-corrected chi connectivity index (χ0v) is 17.0. The van der Waals surface area contributed by atoms with E-state index in [0.29, 0.717) is 18.8 Å². The van der Waals surface area contributed by atoms with Gasteiger partial charge in [-0.3, -0.25) is 4.79 Å². The molecule has 1 unspecified atom stereocenters. The van der Waals surface area contributed by atoms with Crippen molar-refractivity contribution in [1.82, 2.24) is 15.1 Å². The third-order valence-electron chi connectivity index (χ3n) is 4.56. The molecule has 4 rings (SSSR count). The first kappa shape index (κ1) is 18.6. The van der Waals surface area contributed by atoms with Gasteiger partial charge in [-0.1, -0.05) is 6.07 Å². The van der Waals surface area contributed by atoms with Gasteiger partial charge in [0.05, 0.1) is 35.6 Å². The molecule has 0 saturated heterocycles. The number of aromatic nitrogens is 2. The maximum Gasteiger partial charge on any atom is 0.251 e. The van der Waals surface area contributed by atoms with E-state index in [0.717, 1.165) is 33.6 Å². The van der Waals surface area contributed by atoms with E-state index in [-0.39, 0.29) is 11.9 Å². The van der Waals surface area contributed by atoms with Crippen molar-refractivity contribution in [1.29, 1.82) is 0 Å². The second-order valence-electron chi connectivity index (χ2n) is 6.60. The summed E-state index contributed by atoms with van der Waals surface area (Å²) < 4.78 is 14.0. The maximum atomic E-state index is 12.6. The summed E-state index contributed by atoms with van der Waals surface area (Å²) in [6.07, 6.45) is 4.45. The predicted octanol–water partition coefficient (Wildman–Crippen LogP) is 4.29. The van der Waals surface area contributed by atoms with Crippen molar-refractivity contribution in [2.24, 2.45) is 0 Å². The highest BCUT2D eigenvalue weighted by molar-refractivity contribution is 9.10. The molecule has 0 aliphatic carbocycles. The molecule has 1 N–H and O–H groups in total. The molecular formula is C21H20BrN3O3. The number of amides is 1. The third kappa shape index (κ3) is 4.04. The molecule has 1 aromatic heterocycles. The van der Waals surface area contributed by atoms with Crippen molar-refractivity contribution in [3.8, 4) is 17.2 Å². The van der Waals surface area contributed by atoms with Gasteiger partial charge < -0.3 is 14.8 Å². The number of hydrogen-bond acceptors (Lipinski definition) is 4. The highest BCUT2D eigenvalue weighted by Gasteiger charge is 2.16. The molecule has 2 heterocycles. The van der Waals surface area contributed by atoms with Gasteiger partial charge >= 0.3 is 0 Å². The van der Waals surface area contributed by atoms with Crippen LogP contribution >= 0.6 is 15.9 Å². The second-order valence-corrected chi connectivity index (χ2v) is 7.52. The highest BCUT2D eigenvalue weighted by Crippen LogP contribution is 2.32. The summed E-state index contributed by atoms with van der Waals surface area (Å²) in [7, 11) is 0. The molecule has 1 aliphatic rings. The molecule has 0 bridgehead atoms. The quantitative estimate of drug-likeness (QED) is 0.655. The number of carbonyl (C=O) groups excluding carboxylic acids is 1. The van der Waals surface area contributed by atoms with Gasteiger partial charge in [0.2, 0.25) is 0 Å². The van der Waals surface area contributed by atoms with E-state index in [1.165, 1.54) is 0 Å². The zero-order chi connectivity index (χ0) is 19.5. The Morgan fingerprint density at radius 2 is 1.89 bits per heavy atom. The second kappa shape index (κ2) is 8.06. The molecule has 0 fully saturated rings. The minimum Gasteiger partial charge on any atom is -0.490 e. The van der Waals surface area contributed by atoms with Crippen LogP contribution in [0.15, 0.2) is 59.3 Å². The van der Waals surface area contributed by atoms with Gasteiger partial charge in [-0.15, -0.1) is 0 Å². The lowest BCUT2D eigenvalue weighted by Gasteiger charge is -2.16. The Balaban J connectivity index is 1.45. The predicted molar refractivity (Wildman–Crippen MR) is 109 cm³/mol. The fourth-order valence-corrected chi connectivity index (χ4v) is 3.31. The summed E-state index contributed by atoms with van der Waals surface area (Å²) >= 11 is 3.38. The average molecular weight is 442 g/mol. The van der Waals surface area contributed by atoms with Gasteiger partial charge in [0.15, 0.2) is 11.5 Å². The minimum atomic E-state index is -0.161. The van der Waals surface area contributed by atoms with E-state index in [1.54, 1.807) is 23.0 Å². The fraction of sp³-hybridized carbons (Fsp3) is 0.238. The smallest absolute Gasteiger partial charge is 0.251 e. The minimum absolute atomic E-state index is 0.132. The van der Waals surface area contributed by atoms with Crippen molar-refractivity contribution in [2.75, 3.05) is 13.2 Å². The van der Waals surface area contributed by atoms with Crippen LogP contribution < -0.4 is 14.8 Å². The van der Waals surface area contributed by atoms with E-state index < -0.39 is 0 Å². The number of fused-ring (bicyclic) bond motifs is 1. The van der Waals surface area contributed by atoms with Crippen LogP contribution in [0, 0.1) is 0 Å². The van der Waals surface area contributed by atoms with E-state index in [2.05, 4.69) is 26.3 Å². The summed E-state index contributed by atoms with van der Waals surface area (Å²) in [5.41, 5.74) is 2.45. The number of nitrogens with zero attached hydrogens (tertiary/aromatic N) is 2. The lowest BCUT2D eigenvalue weighted by Crippen LogP contribution is -2.26. The monoisotopic (exact) mass is 441 g/mol. The third-order valence-corrected chi connectivity index (χ3v) is 4.97. The molecule has 3 aromatic rings. The lowest BCUT2D eigenvalue weighted by atomic mass is 10.1. The molecule has 0 spiro atoms. The molecule has 144 valence electrons. The Morgan fingerprint density at radius 3 is 2.61 bits per heavy atom. The van der Waals surface area contributed by atoms with Crippen LogP contribution in [0.4, 0.5) is 0 Å². The number of ether oxygens (including phenoxy) is 2. The van der Waals surface area contributed by atoms with Crippen LogP contribution in [0.2, 0.25) is 0 Å². The summed E-state index contributed by atoms with van der Waals surface area (Å²) in [6, 6.07) is 12.9. The van der Waals surface area contributed by atoms with Crippen LogP contribution in [0.25, 0.3) is 5.69 Å². The SMILES string of the molecule is CC(NC(=O)c1ccc(-n2cc(Br)cn2)cc1)c1ccc2c(c1)OCCCO2. The topological polar surface area (TPSA) is 65.4 Å². The van der Waals surface area contributed by atoms with Crippen molar-refractivity contribution < 1.29 is 14.3 Å².